The summed E-state index contributed by atoms with van der Waals surface area (Å²) >= 11 is 5.93. The van der Waals surface area contributed by atoms with Crippen molar-refractivity contribution in [1.29, 1.82) is 0 Å². The summed E-state index contributed by atoms with van der Waals surface area (Å²) in [5.74, 6) is 0.803. The van der Waals surface area contributed by atoms with Crippen LogP contribution in [0.2, 0.25) is 5.02 Å². The van der Waals surface area contributed by atoms with Crippen LogP contribution in [0, 0.1) is 0 Å². The van der Waals surface area contributed by atoms with E-state index in [1.54, 1.807) is 6.20 Å². The molecule has 0 saturated carbocycles. The summed E-state index contributed by atoms with van der Waals surface area (Å²) in [6, 6.07) is 9.52. The van der Waals surface area contributed by atoms with Gasteiger partial charge in [-0.3, -0.25) is 4.68 Å². The van der Waals surface area contributed by atoms with Crippen molar-refractivity contribution in [3.05, 3.63) is 65.7 Å². The molecule has 27 heavy (non-hydrogen) atoms. The molecule has 2 N–H and O–H groups in total. The van der Waals surface area contributed by atoms with Crippen LogP contribution in [0.15, 0.2) is 60.1 Å². The van der Waals surface area contributed by atoms with E-state index < -0.39 is 0 Å². The molecular weight excluding hydrogens is 362 g/mol. The van der Waals surface area contributed by atoms with Gasteiger partial charge < -0.3 is 10.6 Å². The summed E-state index contributed by atoms with van der Waals surface area (Å²) in [6.07, 6.45) is 8.55. The third-order valence-corrected chi connectivity index (χ3v) is 4.16. The minimum Gasteiger partial charge on any atom is -0.357 e. The first-order chi connectivity index (χ1) is 13.2. The van der Waals surface area contributed by atoms with Crippen molar-refractivity contribution in [2.75, 3.05) is 13.1 Å². The fraction of sp³-hybridized carbons (Fsp3) is 0.316. The monoisotopic (exact) mass is 385 g/mol. The van der Waals surface area contributed by atoms with Crippen molar-refractivity contribution < 1.29 is 0 Å². The highest BCUT2D eigenvalue weighted by atomic mass is 35.5. The van der Waals surface area contributed by atoms with E-state index in [4.69, 9.17) is 11.6 Å². The van der Waals surface area contributed by atoms with Crippen LogP contribution >= 0.6 is 11.6 Å². The summed E-state index contributed by atoms with van der Waals surface area (Å²) in [5, 5.41) is 15.9. The SMILES string of the molecule is CCNC(=NCc1cnn(-c2ccc(Cl)cc2)c1)NCCCn1cccn1. The Morgan fingerprint density at radius 3 is 2.78 bits per heavy atom. The van der Waals surface area contributed by atoms with Gasteiger partial charge in [0.25, 0.3) is 0 Å². The van der Waals surface area contributed by atoms with E-state index in [1.807, 2.05) is 58.3 Å². The summed E-state index contributed by atoms with van der Waals surface area (Å²) in [6.45, 7) is 5.14. The highest BCUT2D eigenvalue weighted by molar-refractivity contribution is 6.30. The molecule has 8 heteroatoms. The summed E-state index contributed by atoms with van der Waals surface area (Å²) < 4.78 is 3.75. The minimum atomic E-state index is 0.558. The van der Waals surface area contributed by atoms with Crippen LogP contribution in [0.5, 0.6) is 0 Å². The maximum absolute atomic E-state index is 5.93. The Balaban J connectivity index is 1.52. The molecule has 0 aliphatic heterocycles. The molecule has 2 aromatic heterocycles. The van der Waals surface area contributed by atoms with Gasteiger partial charge >= 0.3 is 0 Å². The van der Waals surface area contributed by atoms with E-state index in [1.165, 1.54) is 0 Å². The van der Waals surface area contributed by atoms with E-state index >= 15 is 0 Å². The predicted molar refractivity (Wildman–Crippen MR) is 108 cm³/mol. The molecule has 0 saturated heterocycles. The first-order valence-electron chi connectivity index (χ1n) is 9.03. The number of nitrogens with one attached hydrogen (secondary N) is 2. The van der Waals surface area contributed by atoms with Crippen LogP contribution in [-0.2, 0) is 13.1 Å². The van der Waals surface area contributed by atoms with Crippen molar-refractivity contribution in [2.24, 2.45) is 4.99 Å². The van der Waals surface area contributed by atoms with Gasteiger partial charge in [0.05, 0.1) is 18.4 Å². The lowest BCUT2D eigenvalue weighted by molar-refractivity contribution is 0.570. The summed E-state index contributed by atoms with van der Waals surface area (Å²) in [4.78, 5) is 4.64. The zero-order chi connectivity index (χ0) is 18.9. The van der Waals surface area contributed by atoms with Gasteiger partial charge in [0, 0.05) is 48.8 Å². The van der Waals surface area contributed by atoms with E-state index in [0.717, 1.165) is 43.3 Å². The number of halogens is 1. The van der Waals surface area contributed by atoms with Crippen LogP contribution in [0.4, 0.5) is 0 Å². The standard InChI is InChI=1S/C19H24ClN7/c1-2-21-19(22-9-3-11-26-12-4-10-24-26)23-13-16-14-25-27(15-16)18-7-5-17(20)6-8-18/h4-8,10,12,14-15H,2-3,9,11,13H2,1H3,(H2,21,22,23). The number of hydrogen-bond donors (Lipinski definition) is 2. The van der Waals surface area contributed by atoms with Gasteiger partial charge in [0.2, 0.25) is 0 Å². The quantitative estimate of drug-likeness (QED) is 0.355. The molecular formula is C19H24ClN7. The Labute approximate surface area is 164 Å². The van der Waals surface area contributed by atoms with Crippen LogP contribution in [0.1, 0.15) is 18.9 Å². The average molecular weight is 386 g/mol. The fourth-order valence-electron chi connectivity index (χ4n) is 2.57. The van der Waals surface area contributed by atoms with Crippen molar-refractivity contribution >= 4 is 17.6 Å². The van der Waals surface area contributed by atoms with Crippen LogP contribution in [-0.4, -0.2) is 38.6 Å². The molecule has 2 heterocycles. The minimum absolute atomic E-state index is 0.558. The van der Waals surface area contributed by atoms with Gasteiger partial charge in [-0.1, -0.05) is 11.6 Å². The lowest BCUT2D eigenvalue weighted by atomic mass is 10.3. The predicted octanol–water partition coefficient (Wildman–Crippen LogP) is 2.87. The Kier molecular flexibility index (Phi) is 6.87. The topological polar surface area (TPSA) is 72.1 Å². The Bertz CT molecular complexity index is 837. The number of aryl methyl sites for hydroxylation is 1. The smallest absolute Gasteiger partial charge is 0.191 e. The van der Waals surface area contributed by atoms with Gasteiger partial charge in [-0.05, 0) is 43.7 Å². The zero-order valence-electron chi connectivity index (χ0n) is 15.3. The first kappa shape index (κ1) is 19.0. The number of nitrogens with zero attached hydrogens (tertiary/aromatic N) is 5. The highest BCUT2D eigenvalue weighted by Gasteiger charge is 2.02. The molecule has 0 amide bonds. The number of aliphatic imine (C=N–C) groups is 1. The van der Waals surface area contributed by atoms with Crippen molar-refractivity contribution in [3.63, 3.8) is 0 Å². The van der Waals surface area contributed by atoms with Crippen molar-refractivity contribution in [1.82, 2.24) is 30.2 Å². The molecule has 7 nitrogen and oxygen atoms in total. The lowest BCUT2D eigenvalue weighted by Crippen LogP contribution is -2.38. The second-order valence-corrected chi connectivity index (χ2v) is 6.45. The van der Waals surface area contributed by atoms with E-state index in [2.05, 4.69) is 32.7 Å². The van der Waals surface area contributed by atoms with E-state index in [9.17, 15) is 0 Å². The normalized spacial score (nSPS) is 11.6. The molecule has 0 spiro atoms. The molecule has 0 fully saturated rings. The van der Waals surface area contributed by atoms with Crippen LogP contribution in [0.3, 0.4) is 0 Å². The number of benzene rings is 1. The van der Waals surface area contributed by atoms with Gasteiger partial charge in [0.1, 0.15) is 0 Å². The maximum atomic E-state index is 5.93. The molecule has 0 aliphatic rings. The molecule has 0 unspecified atom stereocenters. The van der Waals surface area contributed by atoms with Gasteiger partial charge in [-0.2, -0.15) is 10.2 Å². The Morgan fingerprint density at radius 2 is 2.04 bits per heavy atom. The van der Waals surface area contributed by atoms with E-state index in [-0.39, 0.29) is 0 Å². The third-order valence-electron chi connectivity index (χ3n) is 3.91. The molecule has 1 aromatic carbocycles. The Hall–Kier alpha value is -2.80. The summed E-state index contributed by atoms with van der Waals surface area (Å²) in [5.41, 5.74) is 2.01. The molecule has 3 rings (SSSR count). The maximum Gasteiger partial charge on any atom is 0.191 e. The third kappa shape index (κ3) is 5.86. The number of guanidine groups is 1. The molecule has 142 valence electrons. The first-order valence-corrected chi connectivity index (χ1v) is 9.41. The second kappa shape index (κ2) is 9.78. The fourth-order valence-corrected chi connectivity index (χ4v) is 2.70. The molecule has 0 aliphatic carbocycles. The van der Waals surface area contributed by atoms with E-state index in [0.29, 0.717) is 11.6 Å². The molecule has 3 aromatic rings. The largest absolute Gasteiger partial charge is 0.357 e. The lowest BCUT2D eigenvalue weighted by Gasteiger charge is -2.11. The average Bonchev–Trinajstić information content (AvgIpc) is 3.36. The van der Waals surface area contributed by atoms with Crippen molar-refractivity contribution in [3.8, 4) is 5.69 Å². The van der Waals surface area contributed by atoms with Crippen LogP contribution < -0.4 is 10.6 Å². The number of rotatable bonds is 8. The summed E-state index contributed by atoms with van der Waals surface area (Å²) in [7, 11) is 0. The molecule has 0 bridgehead atoms. The highest BCUT2D eigenvalue weighted by Crippen LogP contribution is 2.13. The van der Waals surface area contributed by atoms with Gasteiger partial charge in [-0.15, -0.1) is 0 Å². The molecule has 0 radical (unpaired) electrons. The number of hydrogen-bond acceptors (Lipinski definition) is 3. The molecule has 0 atom stereocenters. The van der Waals surface area contributed by atoms with Crippen molar-refractivity contribution in [2.45, 2.75) is 26.4 Å². The zero-order valence-corrected chi connectivity index (χ0v) is 16.1. The van der Waals surface area contributed by atoms with Gasteiger partial charge in [0.15, 0.2) is 5.96 Å². The Morgan fingerprint density at radius 1 is 1.19 bits per heavy atom. The number of aromatic nitrogens is 4. The second-order valence-electron chi connectivity index (χ2n) is 6.01. The van der Waals surface area contributed by atoms with Gasteiger partial charge in [-0.25, -0.2) is 9.67 Å². The van der Waals surface area contributed by atoms with Crippen LogP contribution in [0.25, 0.3) is 5.69 Å².